The van der Waals surface area contributed by atoms with Gasteiger partial charge in [-0.15, -0.1) is 0 Å². The van der Waals surface area contributed by atoms with Crippen molar-refractivity contribution in [3.05, 3.63) is 92.5 Å². The molecule has 0 fully saturated rings. The van der Waals surface area contributed by atoms with E-state index in [1.54, 1.807) is 25.1 Å². The van der Waals surface area contributed by atoms with Gasteiger partial charge in [0.05, 0.1) is 22.6 Å². The molecule has 0 saturated carbocycles. The van der Waals surface area contributed by atoms with Crippen molar-refractivity contribution in [1.82, 2.24) is 0 Å². The van der Waals surface area contributed by atoms with Crippen molar-refractivity contribution in [2.75, 3.05) is 6.61 Å². The number of carbonyl (C=O) groups excluding carboxylic acids is 2. The molecule has 0 radical (unpaired) electrons. The zero-order valence-electron chi connectivity index (χ0n) is 16.9. The van der Waals surface area contributed by atoms with E-state index in [4.69, 9.17) is 38.4 Å². The normalized spacial score (nSPS) is 20.9. The number of halogens is 2. The minimum atomic E-state index is -0.807. The standard InChI is InChI=1S/C24H21Cl2NO4/c1-2-30-24(29)21-19(15-9-6-10-16(25)22(15)26)20-17(28)11-14(12-18(20)31-23(21)27)13-7-4-3-5-8-13/h3-10,14,19H,2,11-12,27H2,1H3/t14-,19+/m1/s1. The predicted octanol–water partition coefficient (Wildman–Crippen LogP) is 5.24. The van der Waals surface area contributed by atoms with Gasteiger partial charge in [0.1, 0.15) is 11.3 Å². The van der Waals surface area contributed by atoms with Crippen molar-refractivity contribution in [2.24, 2.45) is 5.73 Å². The molecule has 1 aliphatic carbocycles. The fourth-order valence-electron chi connectivity index (χ4n) is 4.23. The maximum absolute atomic E-state index is 13.4. The summed E-state index contributed by atoms with van der Waals surface area (Å²) in [6, 6.07) is 14.9. The first kappa shape index (κ1) is 21.5. The van der Waals surface area contributed by atoms with E-state index in [0.717, 1.165) is 5.56 Å². The summed E-state index contributed by atoms with van der Waals surface area (Å²) in [4.78, 5) is 26.2. The summed E-state index contributed by atoms with van der Waals surface area (Å²) >= 11 is 12.7. The van der Waals surface area contributed by atoms with Gasteiger partial charge in [0.15, 0.2) is 5.78 Å². The van der Waals surface area contributed by atoms with E-state index >= 15 is 0 Å². The van der Waals surface area contributed by atoms with E-state index in [-0.39, 0.29) is 41.2 Å². The number of nitrogens with two attached hydrogens (primary N) is 1. The molecule has 0 unspecified atom stereocenters. The van der Waals surface area contributed by atoms with E-state index in [2.05, 4.69) is 0 Å². The zero-order valence-corrected chi connectivity index (χ0v) is 18.4. The lowest BCUT2D eigenvalue weighted by Gasteiger charge is -2.35. The first-order valence-electron chi connectivity index (χ1n) is 10.0. The Labute approximate surface area is 190 Å². The lowest BCUT2D eigenvalue weighted by molar-refractivity contribution is -0.139. The Kier molecular flexibility index (Phi) is 6.08. The molecule has 7 heteroatoms. The number of rotatable bonds is 4. The van der Waals surface area contributed by atoms with Gasteiger partial charge in [0.2, 0.25) is 5.88 Å². The van der Waals surface area contributed by atoms with Crippen molar-refractivity contribution < 1.29 is 19.1 Å². The largest absolute Gasteiger partial charge is 0.462 e. The molecule has 5 nitrogen and oxygen atoms in total. The Hall–Kier alpha value is -2.76. The maximum atomic E-state index is 13.4. The highest BCUT2D eigenvalue weighted by Crippen LogP contribution is 2.49. The first-order chi connectivity index (χ1) is 14.9. The third kappa shape index (κ3) is 3.95. The average molecular weight is 458 g/mol. The quantitative estimate of drug-likeness (QED) is 0.634. The van der Waals surface area contributed by atoms with Crippen molar-refractivity contribution in [3.63, 3.8) is 0 Å². The number of hydrogen-bond donors (Lipinski definition) is 1. The van der Waals surface area contributed by atoms with Crippen LogP contribution < -0.4 is 5.73 Å². The summed E-state index contributed by atoms with van der Waals surface area (Å²) in [7, 11) is 0. The van der Waals surface area contributed by atoms with Gasteiger partial charge >= 0.3 is 5.97 Å². The summed E-state index contributed by atoms with van der Waals surface area (Å²) < 4.78 is 11.1. The van der Waals surface area contributed by atoms with Gasteiger partial charge in [0, 0.05) is 18.4 Å². The van der Waals surface area contributed by atoms with Crippen LogP contribution >= 0.6 is 23.2 Å². The van der Waals surface area contributed by atoms with Crippen molar-refractivity contribution >= 4 is 35.0 Å². The van der Waals surface area contributed by atoms with Gasteiger partial charge < -0.3 is 15.2 Å². The molecule has 1 heterocycles. The number of carbonyl (C=O) groups is 2. The third-order valence-electron chi connectivity index (χ3n) is 5.60. The molecule has 0 saturated heterocycles. The molecular weight excluding hydrogens is 437 g/mol. The fraction of sp³-hybridized carbons (Fsp3) is 0.250. The van der Waals surface area contributed by atoms with Gasteiger partial charge in [0.25, 0.3) is 0 Å². The van der Waals surface area contributed by atoms with Gasteiger partial charge in [-0.2, -0.15) is 0 Å². The van der Waals surface area contributed by atoms with E-state index in [1.807, 2.05) is 30.3 Å². The first-order valence-corrected chi connectivity index (χ1v) is 10.8. The van der Waals surface area contributed by atoms with Crippen LogP contribution in [0.3, 0.4) is 0 Å². The van der Waals surface area contributed by atoms with E-state index in [9.17, 15) is 9.59 Å². The van der Waals surface area contributed by atoms with Crippen LogP contribution in [0.4, 0.5) is 0 Å². The Morgan fingerprint density at radius 3 is 2.58 bits per heavy atom. The zero-order chi connectivity index (χ0) is 22.1. The molecule has 2 N–H and O–H groups in total. The summed E-state index contributed by atoms with van der Waals surface area (Å²) in [5, 5.41) is 0.579. The summed E-state index contributed by atoms with van der Waals surface area (Å²) in [5.41, 5.74) is 8.21. The second-order valence-electron chi connectivity index (χ2n) is 7.45. The highest BCUT2D eigenvalue weighted by molar-refractivity contribution is 6.42. The van der Waals surface area contributed by atoms with Crippen LogP contribution in [0.2, 0.25) is 10.0 Å². The Bertz CT molecular complexity index is 1110. The fourth-order valence-corrected chi connectivity index (χ4v) is 4.65. The molecule has 0 amide bonds. The van der Waals surface area contributed by atoms with Crippen LogP contribution in [-0.2, 0) is 19.1 Å². The van der Waals surface area contributed by atoms with Crippen molar-refractivity contribution in [2.45, 2.75) is 31.6 Å². The number of esters is 1. The van der Waals surface area contributed by atoms with Crippen molar-refractivity contribution in [3.8, 4) is 0 Å². The van der Waals surface area contributed by atoms with E-state index < -0.39 is 11.9 Å². The molecule has 4 rings (SSSR count). The number of benzene rings is 2. The summed E-state index contributed by atoms with van der Waals surface area (Å²) in [5.74, 6) is -1.24. The van der Waals surface area contributed by atoms with Crippen molar-refractivity contribution in [1.29, 1.82) is 0 Å². The molecule has 31 heavy (non-hydrogen) atoms. The molecule has 2 aromatic carbocycles. The molecule has 0 aromatic heterocycles. The second-order valence-corrected chi connectivity index (χ2v) is 8.24. The molecule has 0 bridgehead atoms. The Morgan fingerprint density at radius 2 is 1.87 bits per heavy atom. The van der Waals surface area contributed by atoms with Gasteiger partial charge in [-0.1, -0.05) is 65.7 Å². The minimum absolute atomic E-state index is 0.0418. The molecule has 2 aromatic rings. The second kappa shape index (κ2) is 8.77. The molecule has 1 aliphatic heterocycles. The van der Waals surface area contributed by atoms with Crippen LogP contribution in [0.25, 0.3) is 0 Å². The molecular formula is C24H21Cl2NO4. The van der Waals surface area contributed by atoms with Crippen LogP contribution in [0, 0.1) is 0 Å². The van der Waals surface area contributed by atoms with Gasteiger partial charge in [-0.05, 0) is 30.0 Å². The minimum Gasteiger partial charge on any atom is -0.462 e. The third-order valence-corrected chi connectivity index (χ3v) is 6.43. The lowest BCUT2D eigenvalue weighted by atomic mass is 9.73. The molecule has 0 spiro atoms. The van der Waals surface area contributed by atoms with Gasteiger partial charge in [-0.3, -0.25) is 4.79 Å². The maximum Gasteiger partial charge on any atom is 0.340 e. The summed E-state index contributed by atoms with van der Waals surface area (Å²) in [6.45, 7) is 1.85. The molecule has 160 valence electrons. The van der Waals surface area contributed by atoms with Crippen LogP contribution in [0.1, 0.15) is 42.7 Å². The van der Waals surface area contributed by atoms with Gasteiger partial charge in [-0.25, -0.2) is 4.79 Å². The highest BCUT2D eigenvalue weighted by Gasteiger charge is 2.44. The molecule has 2 atom stereocenters. The van der Waals surface area contributed by atoms with Crippen LogP contribution in [0.15, 0.2) is 71.3 Å². The Morgan fingerprint density at radius 1 is 1.13 bits per heavy atom. The van der Waals surface area contributed by atoms with Crippen LogP contribution in [0.5, 0.6) is 0 Å². The summed E-state index contributed by atoms with van der Waals surface area (Å²) in [6.07, 6.45) is 0.771. The Balaban J connectivity index is 1.85. The van der Waals surface area contributed by atoms with Crippen LogP contribution in [-0.4, -0.2) is 18.4 Å². The number of hydrogen-bond acceptors (Lipinski definition) is 5. The average Bonchev–Trinajstić information content (AvgIpc) is 2.75. The predicted molar refractivity (Wildman–Crippen MR) is 119 cm³/mol. The highest BCUT2D eigenvalue weighted by atomic mass is 35.5. The SMILES string of the molecule is CCOC(=O)C1=C(N)OC2=C(C(=O)C[C@@H](c3ccccc3)C2)[C@@H]1c1cccc(Cl)c1Cl. The molecule has 2 aliphatic rings. The van der Waals surface area contributed by atoms with E-state index in [1.165, 1.54) is 0 Å². The monoisotopic (exact) mass is 457 g/mol. The number of allylic oxidation sites excluding steroid dienone is 2. The number of ketones is 1. The number of Topliss-reactive ketones (excluding diaryl/α,β-unsaturated/α-hetero) is 1. The topological polar surface area (TPSA) is 78.6 Å². The lowest BCUT2D eigenvalue weighted by Crippen LogP contribution is -2.33. The number of ether oxygens (including phenoxy) is 2. The smallest absolute Gasteiger partial charge is 0.340 e. The van der Waals surface area contributed by atoms with E-state index in [0.29, 0.717) is 28.3 Å².